The molecule has 0 radical (unpaired) electrons. The average molecular weight is 346 g/mol. The summed E-state index contributed by atoms with van der Waals surface area (Å²) < 4.78 is 0.653. The molecule has 7 heteroatoms. The van der Waals surface area contributed by atoms with Crippen molar-refractivity contribution >= 4 is 39.6 Å². The summed E-state index contributed by atoms with van der Waals surface area (Å²) in [6.07, 6.45) is 0. The molecule has 0 aromatic heterocycles. The van der Waals surface area contributed by atoms with Crippen molar-refractivity contribution in [1.29, 1.82) is 0 Å². The monoisotopic (exact) mass is 345 g/mol. The second-order valence-corrected chi connectivity index (χ2v) is 6.43. The number of amides is 1. The fraction of sp³-hybridized carbons (Fsp3) is 0.333. The summed E-state index contributed by atoms with van der Waals surface area (Å²) in [4.78, 5) is 24.8. The Hall–Kier alpha value is -1.21. The molecule has 0 saturated carbocycles. The number of carbonyl (C=O) groups is 2. The van der Waals surface area contributed by atoms with Gasteiger partial charge in [-0.15, -0.1) is 11.8 Å². The number of carboxylic acids is 1. The number of rotatable bonds is 2. The Bertz CT molecular complexity index is 536. The van der Waals surface area contributed by atoms with Crippen molar-refractivity contribution in [3.63, 3.8) is 0 Å². The largest absolute Gasteiger partial charge is 0.507 e. The predicted molar refractivity (Wildman–Crippen MR) is 75.3 cm³/mol. The number of nitrogens with zero attached hydrogens (tertiary/aromatic N) is 1. The van der Waals surface area contributed by atoms with Crippen LogP contribution < -0.4 is 0 Å². The molecule has 1 aromatic carbocycles. The molecule has 102 valence electrons. The van der Waals surface area contributed by atoms with E-state index in [-0.39, 0.29) is 16.7 Å². The molecule has 2 N–H and O–H groups in total. The molecule has 1 heterocycles. The van der Waals surface area contributed by atoms with Crippen molar-refractivity contribution in [3.8, 4) is 5.75 Å². The number of thioether (sulfide) groups is 1. The first-order valence-corrected chi connectivity index (χ1v) is 7.41. The third-order valence-electron chi connectivity index (χ3n) is 2.93. The van der Waals surface area contributed by atoms with Gasteiger partial charge in [-0.1, -0.05) is 15.9 Å². The van der Waals surface area contributed by atoms with E-state index in [9.17, 15) is 14.7 Å². The molecule has 0 spiro atoms. The van der Waals surface area contributed by atoms with Crippen molar-refractivity contribution in [1.82, 2.24) is 4.90 Å². The smallest absolute Gasteiger partial charge is 0.327 e. The van der Waals surface area contributed by atoms with E-state index in [2.05, 4.69) is 15.9 Å². The molecular formula is C12H12BrNO4S. The van der Waals surface area contributed by atoms with E-state index in [0.29, 0.717) is 10.2 Å². The maximum absolute atomic E-state index is 12.4. The van der Waals surface area contributed by atoms with Gasteiger partial charge in [-0.05, 0) is 25.1 Å². The first-order valence-electron chi connectivity index (χ1n) is 5.57. The Morgan fingerprint density at radius 1 is 1.47 bits per heavy atom. The van der Waals surface area contributed by atoms with Gasteiger partial charge in [0.15, 0.2) is 0 Å². The topological polar surface area (TPSA) is 77.8 Å². The number of hydrogen-bond donors (Lipinski definition) is 2. The second kappa shape index (κ2) is 5.42. The zero-order valence-corrected chi connectivity index (χ0v) is 12.4. The third kappa shape index (κ3) is 2.71. The Morgan fingerprint density at radius 2 is 2.16 bits per heavy atom. The quantitative estimate of drug-likeness (QED) is 0.858. The third-order valence-corrected chi connectivity index (χ3v) is 4.64. The van der Waals surface area contributed by atoms with Gasteiger partial charge in [0.05, 0.1) is 10.9 Å². The number of phenols is 1. The summed E-state index contributed by atoms with van der Waals surface area (Å²) in [5.74, 6) is -1.29. The average Bonchev–Trinajstić information content (AvgIpc) is 2.70. The van der Waals surface area contributed by atoms with E-state index in [1.165, 1.54) is 28.8 Å². The number of hydrogen-bond acceptors (Lipinski definition) is 4. The number of aliphatic carboxylic acids is 1. The molecule has 1 aromatic rings. The SMILES string of the molecule is CC1SCC(C(=O)O)N1C(=O)c1ccc(Br)cc1O. The molecule has 2 atom stereocenters. The van der Waals surface area contributed by atoms with Gasteiger partial charge in [0.2, 0.25) is 0 Å². The standard InChI is InChI=1S/C12H12BrNO4S/c1-6-14(9(5-19-6)12(17)18)11(16)8-3-2-7(13)4-10(8)15/h2-4,6,9,15H,5H2,1H3,(H,17,18). The Kier molecular flexibility index (Phi) is 4.05. The lowest BCUT2D eigenvalue weighted by Crippen LogP contribution is -2.44. The fourth-order valence-electron chi connectivity index (χ4n) is 1.97. The van der Waals surface area contributed by atoms with Crippen LogP contribution in [0.15, 0.2) is 22.7 Å². The lowest BCUT2D eigenvalue weighted by Gasteiger charge is -2.25. The maximum atomic E-state index is 12.4. The minimum absolute atomic E-state index is 0.115. The van der Waals surface area contributed by atoms with Gasteiger partial charge < -0.3 is 15.1 Å². The highest BCUT2D eigenvalue weighted by atomic mass is 79.9. The lowest BCUT2D eigenvalue weighted by molar-refractivity contribution is -0.141. The summed E-state index contributed by atoms with van der Waals surface area (Å²) in [5, 5.41) is 18.7. The predicted octanol–water partition coefficient (Wildman–Crippen LogP) is 2.14. The zero-order chi connectivity index (χ0) is 14.2. The van der Waals surface area contributed by atoms with E-state index in [4.69, 9.17) is 5.11 Å². The van der Waals surface area contributed by atoms with Crippen LogP contribution in [0.2, 0.25) is 0 Å². The number of aromatic hydroxyl groups is 1. The van der Waals surface area contributed by atoms with Crippen LogP contribution in [0.1, 0.15) is 17.3 Å². The molecule has 2 unspecified atom stereocenters. The van der Waals surface area contributed by atoms with Gasteiger partial charge in [0, 0.05) is 10.2 Å². The molecular weight excluding hydrogens is 334 g/mol. The highest BCUT2D eigenvalue weighted by Crippen LogP contribution is 2.32. The minimum Gasteiger partial charge on any atom is -0.507 e. The molecule has 1 fully saturated rings. The molecule has 2 rings (SSSR count). The number of carboxylic acid groups (broad SMARTS) is 1. The lowest BCUT2D eigenvalue weighted by atomic mass is 10.1. The van der Waals surface area contributed by atoms with E-state index in [1.807, 2.05) is 0 Å². The van der Waals surface area contributed by atoms with Crippen molar-refractivity contribution in [2.45, 2.75) is 18.3 Å². The molecule has 1 aliphatic rings. The number of benzene rings is 1. The van der Waals surface area contributed by atoms with Gasteiger partial charge in [0.25, 0.3) is 5.91 Å². The molecule has 1 aliphatic heterocycles. The second-order valence-electron chi connectivity index (χ2n) is 4.16. The van der Waals surface area contributed by atoms with Gasteiger partial charge >= 0.3 is 5.97 Å². The first-order chi connectivity index (χ1) is 8.91. The molecule has 0 bridgehead atoms. The summed E-state index contributed by atoms with van der Waals surface area (Å²) in [6.45, 7) is 1.78. The van der Waals surface area contributed by atoms with E-state index >= 15 is 0 Å². The first kappa shape index (κ1) is 14.2. The van der Waals surface area contributed by atoms with E-state index < -0.39 is 17.9 Å². The van der Waals surface area contributed by atoms with Crippen LogP contribution in [0.25, 0.3) is 0 Å². The zero-order valence-electron chi connectivity index (χ0n) is 10.0. The Morgan fingerprint density at radius 3 is 2.74 bits per heavy atom. The van der Waals surface area contributed by atoms with Crippen LogP contribution in [-0.4, -0.2) is 44.2 Å². The summed E-state index contributed by atoms with van der Waals surface area (Å²) in [7, 11) is 0. The number of halogens is 1. The van der Waals surface area contributed by atoms with Gasteiger partial charge in [0.1, 0.15) is 11.8 Å². The van der Waals surface area contributed by atoms with Crippen molar-refractivity contribution in [2.75, 3.05) is 5.75 Å². The van der Waals surface area contributed by atoms with Crippen LogP contribution in [0.5, 0.6) is 5.75 Å². The number of phenolic OH excluding ortho intramolecular Hbond substituents is 1. The summed E-state index contributed by atoms with van der Waals surface area (Å²) in [5.41, 5.74) is 0.115. The van der Waals surface area contributed by atoms with Crippen LogP contribution in [0.3, 0.4) is 0 Å². The molecule has 19 heavy (non-hydrogen) atoms. The van der Waals surface area contributed by atoms with Crippen molar-refractivity contribution in [2.24, 2.45) is 0 Å². The molecule has 1 saturated heterocycles. The highest BCUT2D eigenvalue weighted by Gasteiger charge is 2.40. The Balaban J connectivity index is 2.34. The molecule has 1 amide bonds. The molecule has 5 nitrogen and oxygen atoms in total. The summed E-state index contributed by atoms with van der Waals surface area (Å²) >= 11 is 4.60. The van der Waals surface area contributed by atoms with Crippen LogP contribution in [-0.2, 0) is 4.79 Å². The number of carbonyl (C=O) groups excluding carboxylic acids is 1. The normalized spacial score (nSPS) is 22.5. The van der Waals surface area contributed by atoms with Gasteiger partial charge in [-0.25, -0.2) is 4.79 Å². The van der Waals surface area contributed by atoms with Gasteiger partial charge in [-0.2, -0.15) is 0 Å². The van der Waals surface area contributed by atoms with Crippen LogP contribution in [0, 0.1) is 0 Å². The van der Waals surface area contributed by atoms with Gasteiger partial charge in [-0.3, -0.25) is 4.79 Å². The van der Waals surface area contributed by atoms with E-state index in [0.717, 1.165) is 0 Å². The van der Waals surface area contributed by atoms with Crippen molar-refractivity contribution < 1.29 is 19.8 Å². The maximum Gasteiger partial charge on any atom is 0.327 e. The van der Waals surface area contributed by atoms with E-state index in [1.54, 1.807) is 13.0 Å². The highest BCUT2D eigenvalue weighted by molar-refractivity contribution is 9.10. The summed E-state index contributed by atoms with van der Waals surface area (Å²) in [6, 6.07) is 3.68. The van der Waals surface area contributed by atoms with Crippen LogP contribution in [0.4, 0.5) is 0 Å². The fourth-order valence-corrected chi connectivity index (χ4v) is 3.48. The minimum atomic E-state index is -1.03. The Labute approximate surface area is 122 Å². The van der Waals surface area contributed by atoms with Crippen LogP contribution >= 0.6 is 27.7 Å². The molecule has 0 aliphatic carbocycles. The van der Waals surface area contributed by atoms with Crippen molar-refractivity contribution in [3.05, 3.63) is 28.2 Å².